The van der Waals surface area contributed by atoms with Gasteiger partial charge < -0.3 is 10.6 Å². The average Bonchev–Trinajstić information content (AvgIpc) is 2.39. The molecule has 0 aliphatic carbocycles. The van der Waals surface area contributed by atoms with Crippen molar-refractivity contribution in [3.63, 3.8) is 0 Å². The highest BCUT2D eigenvalue weighted by Crippen LogP contribution is 2.24. The number of aromatic nitrogens is 1. The number of pyridine rings is 1. The first kappa shape index (κ1) is 13.4. The fraction of sp³-hybridized carbons (Fsp3) is 0.312. The van der Waals surface area contributed by atoms with Crippen molar-refractivity contribution in [2.24, 2.45) is 5.92 Å². The third-order valence-corrected chi connectivity index (χ3v) is 2.88. The Kier molecular flexibility index (Phi) is 4.39. The van der Waals surface area contributed by atoms with Gasteiger partial charge in [-0.25, -0.2) is 4.98 Å². The highest BCUT2D eigenvalue weighted by Gasteiger charge is 2.06. The molecule has 0 atom stereocenters. The number of hydrogen-bond acceptors (Lipinski definition) is 3. The fourth-order valence-corrected chi connectivity index (χ4v) is 1.99. The molecule has 0 saturated carbocycles. The van der Waals surface area contributed by atoms with Gasteiger partial charge in [0.2, 0.25) is 0 Å². The van der Waals surface area contributed by atoms with E-state index in [9.17, 15) is 0 Å². The lowest BCUT2D eigenvalue weighted by Crippen LogP contribution is -2.04. The van der Waals surface area contributed by atoms with Crippen molar-refractivity contribution in [3.05, 3.63) is 48.2 Å². The SMILES string of the molecule is CNc1ccc(CC(C)C)nc1Nc1ccccc1. The third-order valence-electron chi connectivity index (χ3n) is 2.88. The summed E-state index contributed by atoms with van der Waals surface area (Å²) in [6, 6.07) is 14.3. The van der Waals surface area contributed by atoms with Gasteiger partial charge in [-0.1, -0.05) is 32.0 Å². The Morgan fingerprint density at radius 3 is 2.42 bits per heavy atom. The normalized spacial score (nSPS) is 10.5. The summed E-state index contributed by atoms with van der Waals surface area (Å²) in [7, 11) is 1.91. The van der Waals surface area contributed by atoms with E-state index >= 15 is 0 Å². The lowest BCUT2D eigenvalue weighted by molar-refractivity contribution is 0.636. The zero-order chi connectivity index (χ0) is 13.7. The van der Waals surface area contributed by atoms with Gasteiger partial charge in [0.1, 0.15) is 0 Å². The second-order valence-electron chi connectivity index (χ2n) is 5.04. The van der Waals surface area contributed by atoms with Crippen LogP contribution in [0.5, 0.6) is 0 Å². The molecule has 3 nitrogen and oxygen atoms in total. The van der Waals surface area contributed by atoms with Gasteiger partial charge in [0.05, 0.1) is 5.69 Å². The predicted octanol–water partition coefficient (Wildman–Crippen LogP) is 4.07. The molecule has 2 aromatic rings. The molecule has 0 bridgehead atoms. The molecule has 0 amide bonds. The Morgan fingerprint density at radius 1 is 1.05 bits per heavy atom. The number of benzene rings is 1. The Bertz CT molecular complexity index is 521. The first-order chi connectivity index (χ1) is 9.19. The second kappa shape index (κ2) is 6.23. The highest BCUT2D eigenvalue weighted by molar-refractivity contribution is 5.70. The van der Waals surface area contributed by atoms with Gasteiger partial charge in [-0.05, 0) is 36.6 Å². The van der Waals surface area contributed by atoms with Crippen LogP contribution in [-0.2, 0) is 6.42 Å². The molecule has 1 aromatic heterocycles. The molecule has 0 saturated heterocycles. The molecule has 0 aliphatic rings. The minimum Gasteiger partial charge on any atom is -0.385 e. The fourth-order valence-electron chi connectivity index (χ4n) is 1.99. The molecule has 19 heavy (non-hydrogen) atoms. The molecular formula is C16H21N3. The topological polar surface area (TPSA) is 37.0 Å². The van der Waals surface area contributed by atoms with Crippen LogP contribution in [0.25, 0.3) is 0 Å². The van der Waals surface area contributed by atoms with Crippen LogP contribution in [0.2, 0.25) is 0 Å². The van der Waals surface area contributed by atoms with E-state index in [1.165, 1.54) is 0 Å². The maximum Gasteiger partial charge on any atom is 0.154 e. The van der Waals surface area contributed by atoms with Crippen molar-refractivity contribution in [1.82, 2.24) is 4.98 Å². The molecule has 1 heterocycles. The summed E-state index contributed by atoms with van der Waals surface area (Å²) in [5.41, 5.74) is 3.18. The smallest absolute Gasteiger partial charge is 0.154 e. The highest BCUT2D eigenvalue weighted by atomic mass is 15.0. The molecule has 2 rings (SSSR count). The van der Waals surface area contributed by atoms with Crippen molar-refractivity contribution in [1.29, 1.82) is 0 Å². The van der Waals surface area contributed by atoms with E-state index in [0.717, 1.165) is 29.3 Å². The van der Waals surface area contributed by atoms with E-state index in [2.05, 4.69) is 36.6 Å². The first-order valence-corrected chi connectivity index (χ1v) is 6.69. The van der Waals surface area contributed by atoms with E-state index in [1.807, 2.05) is 37.4 Å². The maximum absolute atomic E-state index is 4.71. The number of rotatable bonds is 5. The lowest BCUT2D eigenvalue weighted by atomic mass is 10.1. The summed E-state index contributed by atoms with van der Waals surface area (Å²) < 4.78 is 0. The molecule has 0 radical (unpaired) electrons. The largest absolute Gasteiger partial charge is 0.385 e. The third kappa shape index (κ3) is 3.71. The van der Waals surface area contributed by atoms with Crippen LogP contribution in [0.4, 0.5) is 17.2 Å². The monoisotopic (exact) mass is 255 g/mol. The maximum atomic E-state index is 4.71. The molecular weight excluding hydrogens is 234 g/mol. The van der Waals surface area contributed by atoms with E-state index in [1.54, 1.807) is 0 Å². The summed E-state index contributed by atoms with van der Waals surface area (Å²) in [6.07, 6.45) is 0.994. The Balaban J connectivity index is 2.26. The quantitative estimate of drug-likeness (QED) is 0.845. The van der Waals surface area contributed by atoms with E-state index in [4.69, 9.17) is 4.98 Å². The summed E-state index contributed by atoms with van der Waals surface area (Å²) in [5, 5.41) is 6.53. The minimum absolute atomic E-state index is 0.609. The van der Waals surface area contributed by atoms with E-state index in [0.29, 0.717) is 5.92 Å². The molecule has 0 aliphatic heterocycles. The first-order valence-electron chi connectivity index (χ1n) is 6.69. The molecule has 1 aromatic carbocycles. The van der Waals surface area contributed by atoms with Crippen LogP contribution in [0, 0.1) is 5.92 Å². The van der Waals surface area contributed by atoms with Crippen molar-refractivity contribution in [3.8, 4) is 0 Å². The summed E-state index contributed by atoms with van der Waals surface area (Å²) >= 11 is 0. The van der Waals surface area contributed by atoms with E-state index < -0.39 is 0 Å². The number of nitrogens with one attached hydrogen (secondary N) is 2. The Hall–Kier alpha value is -2.03. The van der Waals surface area contributed by atoms with Gasteiger partial charge in [-0.15, -0.1) is 0 Å². The second-order valence-corrected chi connectivity index (χ2v) is 5.04. The van der Waals surface area contributed by atoms with Crippen molar-refractivity contribution in [2.45, 2.75) is 20.3 Å². The van der Waals surface area contributed by atoms with Gasteiger partial charge in [0.25, 0.3) is 0 Å². The standard InChI is InChI=1S/C16H21N3/c1-12(2)11-14-9-10-15(17-3)16(19-14)18-13-7-5-4-6-8-13/h4-10,12,17H,11H2,1-3H3,(H,18,19). The summed E-state index contributed by atoms with van der Waals surface area (Å²) in [6.45, 7) is 4.41. The summed E-state index contributed by atoms with van der Waals surface area (Å²) in [4.78, 5) is 4.71. The van der Waals surface area contributed by atoms with Crippen molar-refractivity contribution in [2.75, 3.05) is 17.7 Å². The number of anilines is 3. The molecule has 0 fully saturated rings. The Morgan fingerprint density at radius 2 is 1.79 bits per heavy atom. The number of para-hydroxylation sites is 1. The zero-order valence-electron chi connectivity index (χ0n) is 11.8. The van der Waals surface area contributed by atoms with Gasteiger partial charge in [-0.2, -0.15) is 0 Å². The molecule has 2 N–H and O–H groups in total. The summed E-state index contributed by atoms with van der Waals surface area (Å²) in [5.74, 6) is 1.49. The van der Waals surface area contributed by atoms with Crippen LogP contribution in [-0.4, -0.2) is 12.0 Å². The zero-order valence-corrected chi connectivity index (χ0v) is 11.8. The molecule has 0 unspecified atom stereocenters. The average molecular weight is 255 g/mol. The predicted molar refractivity (Wildman–Crippen MR) is 82.1 cm³/mol. The van der Waals surface area contributed by atoms with Gasteiger partial charge in [0, 0.05) is 18.4 Å². The number of hydrogen-bond donors (Lipinski definition) is 2. The van der Waals surface area contributed by atoms with Gasteiger partial charge >= 0.3 is 0 Å². The van der Waals surface area contributed by atoms with Crippen LogP contribution < -0.4 is 10.6 Å². The Labute approximate surface area is 115 Å². The lowest BCUT2D eigenvalue weighted by Gasteiger charge is -2.13. The molecule has 3 heteroatoms. The van der Waals surface area contributed by atoms with Gasteiger partial charge in [0.15, 0.2) is 5.82 Å². The van der Waals surface area contributed by atoms with Crippen molar-refractivity contribution < 1.29 is 0 Å². The van der Waals surface area contributed by atoms with Crippen LogP contribution in [0.3, 0.4) is 0 Å². The van der Waals surface area contributed by atoms with Crippen LogP contribution in [0.15, 0.2) is 42.5 Å². The van der Waals surface area contributed by atoms with Crippen molar-refractivity contribution >= 4 is 17.2 Å². The minimum atomic E-state index is 0.609. The van der Waals surface area contributed by atoms with Crippen LogP contribution in [0.1, 0.15) is 19.5 Å². The van der Waals surface area contributed by atoms with Crippen LogP contribution >= 0.6 is 0 Å². The number of nitrogens with zero attached hydrogens (tertiary/aromatic N) is 1. The molecule has 0 spiro atoms. The van der Waals surface area contributed by atoms with E-state index in [-0.39, 0.29) is 0 Å². The molecule has 100 valence electrons. The van der Waals surface area contributed by atoms with Gasteiger partial charge in [-0.3, -0.25) is 0 Å².